The van der Waals surface area contributed by atoms with Crippen molar-refractivity contribution in [3.05, 3.63) is 28.2 Å². The van der Waals surface area contributed by atoms with Crippen molar-refractivity contribution in [2.75, 3.05) is 0 Å². The van der Waals surface area contributed by atoms with Crippen LogP contribution in [0.15, 0.2) is 18.2 Å². The van der Waals surface area contributed by atoms with Crippen molar-refractivity contribution in [3.63, 3.8) is 0 Å². The monoisotopic (exact) mass is 316 g/mol. The molecule has 106 valence electrons. The van der Waals surface area contributed by atoms with E-state index in [0.29, 0.717) is 15.6 Å². The minimum atomic E-state index is -1.30. The fourth-order valence-electron chi connectivity index (χ4n) is 1.72. The SMILES string of the molecule is CC(O)C(C(=O)O)n1nnnc1-c1ccc(Cl)c(Cl)c1. The molecule has 0 saturated carbocycles. The van der Waals surface area contributed by atoms with Gasteiger partial charge in [0.15, 0.2) is 11.9 Å². The molecule has 2 rings (SSSR count). The smallest absolute Gasteiger partial charge is 0.331 e. The van der Waals surface area contributed by atoms with Gasteiger partial charge in [-0.1, -0.05) is 23.2 Å². The summed E-state index contributed by atoms with van der Waals surface area (Å²) in [5.74, 6) is -1.06. The van der Waals surface area contributed by atoms with E-state index in [1.807, 2.05) is 0 Å². The van der Waals surface area contributed by atoms with E-state index in [9.17, 15) is 9.90 Å². The van der Waals surface area contributed by atoms with Gasteiger partial charge in [-0.3, -0.25) is 0 Å². The molecular formula is C11H10Cl2N4O3. The van der Waals surface area contributed by atoms with Crippen LogP contribution in [0, 0.1) is 0 Å². The Labute approximate surface area is 123 Å². The molecule has 0 aliphatic carbocycles. The first-order valence-corrected chi connectivity index (χ1v) is 6.31. The Bertz CT molecular complexity index is 644. The number of hydrogen-bond donors (Lipinski definition) is 2. The number of aliphatic hydroxyl groups is 1. The molecule has 2 aromatic rings. The average Bonchev–Trinajstić information content (AvgIpc) is 2.80. The van der Waals surface area contributed by atoms with Crippen LogP contribution in [0.5, 0.6) is 0 Å². The number of rotatable bonds is 4. The minimum Gasteiger partial charge on any atom is -0.480 e. The molecule has 0 bridgehead atoms. The zero-order valence-corrected chi connectivity index (χ0v) is 11.7. The first-order chi connectivity index (χ1) is 9.41. The van der Waals surface area contributed by atoms with E-state index in [-0.39, 0.29) is 5.82 Å². The van der Waals surface area contributed by atoms with Crippen molar-refractivity contribution in [1.82, 2.24) is 20.2 Å². The Morgan fingerprint density at radius 3 is 2.60 bits per heavy atom. The highest BCUT2D eigenvalue weighted by Gasteiger charge is 2.29. The van der Waals surface area contributed by atoms with Gasteiger partial charge in [0.2, 0.25) is 0 Å². The van der Waals surface area contributed by atoms with Crippen LogP contribution in [0.1, 0.15) is 13.0 Å². The summed E-state index contributed by atoms with van der Waals surface area (Å²) >= 11 is 11.7. The van der Waals surface area contributed by atoms with Gasteiger partial charge in [-0.05, 0) is 35.5 Å². The first kappa shape index (κ1) is 14.7. The van der Waals surface area contributed by atoms with Gasteiger partial charge < -0.3 is 10.2 Å². The normalized spacial score (nSPS) is 14.0. The zero-order chi connectivity index (χ0) is 14.9. The number of aliphatic hydroxyl groups excluding tert-OH is 1. The molecule has 0 fully saturated rings. The second-order valence-electron chi connectivity index (χ2n) is 4.10. The zero-order valence-electron chi connectivity index (χ0n) is 10.2. The Morgan fingerprint density at radius 2 is 2.05 bits per heavy atom. The number of aliphatic carboxylic acids is 1. The van der Waals surface area contributed by atoms with E-state index in [4.69, 9.17) is 28.3 Å². The summed E-state index contributed by atoms with van der Waals surface area (Å²) in [5.41, 5.74) is 0.497. The third-order valence-corrected chi connectivity index (χ3v) is 3.38. The van der Waals surface area contributed by atoms with Crippen molar-refractivity contribution in [2.24, 2.45) is 0 Å². The second kappa shape index (κ2) is 5.74. The maximum absolute atomic E-state index is 11.2. The van der Waals surface area contributed by atoms with Crippen LogP contribution in [0.2, 0.25) is 10.0 Å². The molecule has 0 spiro atoms. The number of hydrogen-bond acceptors (Lipinski definition) is 5. The third-order valence-electron chi connectivity index (χ3n) is 2.64. The number of carboxylic acid groups (broad SMARTS) is 1. The van der Waals surface area contributed by atoms with E-state index < -0.39 is 18.1 Å². The molecule has 9 heteroatoms. The molecular weight excluding hydrogens is 307 g/mol. The lowest BCUT2D eigenvalue weighted by Crippen LogP contribution is -2.30. The topological polar surface area (TPSA) is 101 Å². The Kier molecular flexibility index (Phi) is 4.22. The first-order valence-electron chi connectivity index (χ1n) is 5.56. The quantitative estimate of drug-likeness (QED) is 0.889. The fourth-order valence-corrected chi connectivity index (χ4v) is 2.02. The van der Waals surface area contributed by atoms with Crippen molar-refractivity contribution >= 4 is 29.2 Å². The Morgan fingerprint density at radius 1 is 1.35 bits per heavy atom. The summed E-state index contributed by atoms with van der Waals surface area (Å²) in [7, 11) is 0. The minimum absolute atomic E-state index is 0.178. The van der Waals surface area contributed by atoms with E-state index in [1.54, 1.807) is 12.1 Å². The molecule has 2 atom stereocenters. The van der Waals surface area contributed by atoms with E-state index in [1.165, 1.54) is 13.0 Å². The summed E-state index contributed by atoms with van der Waals surface area (Å²) in [5, 5.41) is 30.2. The highest BCUT2D eigenvalue weighted by Crippen LogP contribution is 2.28. The second-order valence-corrected chi connectivity index (χ2v) is 4.91. The van der Waals surface area contributed by atoms with Crippen LogP contribution >= 0.6 is 23.2 Å². The molecule has 1 aromatic heterocycles. The summed E-state index contributed by atoms with van der Waals surface area (Å²) in [6.45, 7) is 1.35. The van der Waals surface area contributed by atoms with Gasteiger partial charge >= 0.3 is 5.97 Å². The lowest BCUT2D eigenvalue weighted by Gasteiger charge is -2.16. The molecule has 7 nitrogen and oxygen atoms in total. The molecule has 1 heterocycles. The number of benzene rings is 1. The van der Waals surface area contributed by atoms with Gasteiger partial charge in [-0.2, -0.15) is 0 Å². The van der Waals surface area contributed by atoms with Crippen LogP contribution in [0.3, 0.4) is 0 Å². The van der Waals surface area contributed by atoms with Crippen LogP contribution in [0.25, 0.3) is 11.4 Å². The summed E-state index contributed by atoms with van der Waals surface area (Å²) in [6.07, 6.45) is -1.17. The highest BCUT2D eigenvalue weighted by atomic mass is 35.5. The third kappa shape index (κ3) is 2.74. The molecule has 1 aromatic carbocycles. The summed E-state index contributed by atoms with van der Waals surface area (Å²) in [6, 6.07) is 3.38. The van der Waals surface area contributed by atoms with Gasteiger partial charge in [0.25, 0.3) is 0 Å². The largest absolute Gasteiger partial charge is 0.480 e. The van der Waals surface area contributed by atoms with Gasteiger partial charge in [-0.25, -0.2) is 9.48 Å². The van der Waals surface area contributed by atoms with Crippen molar-refractivity contribution in [2.45, 2.75) is 19.1 Å². The number of halogens is 2. The maximum Gasteiger partial charge on any atom is 0.331 e. The van der Waals surface area contributed by atoms with Crippen molar-refractivity contribution in [1.29, 1.82) is 0 Å². The van der Waals surface area contributed by atoms with Crippen LogP contribution in [0.4, 0.5) is 0 Å². The fraction of sp³-hybridized carbons (Fsp3) is 0.273. The maximum atomic E-state index is 11.2. The number of carboxylic acids is 1. The van der Waals surface area contributed by atoms with Gasteiger partial charge in [0, 0.05) is 5.56 Å². The van der Waals surface area contributed by atoms with E-state index >= 15 is 0 Å². The van der Waals surface area contributed by atoms with Crippen LogP contribution < -0.4 is 0 Å². The molecule has 0 amide bonds. The highest BCUT2D eigenvalue weighted by molar-refractivity contribution is 6.42. The van der Waals surface area contributed by atoms with Crippen LogP contribution in [-0.2, 0) is 4.79 Å². The predicted molar refractivity (Wildman–Crippen MR) is 71.6 cm³/mol. The van der Waals surface area contributed by atoms with Crippen molar-refractivity contribution < 1.29 is 15.0 Å². The lowest BCUT2D eigenvalue weighted by molar-refractivity contribution is -0.144. The van der Waals surface area contributed by atoms with Gasteiger partial charge in [0.05, 0.1) is 16.1 Å². The van der Waals surface area contributed by atoms with Gasteiger partial charge in [-0.15, -0.1) is 5.10 Å². The summed E-state index contributed by atoms with van der Waals surface area (Å²) in [4.78, 5) is 11.2. The van der Waals surface area contributed by atoms with Crippen LogP contribution in [-0.4, -0.2) is 42.5 Å². The van der Waals surface area contributed by atoms with Gasteiger partial charge in [0.1, 0.15) is 0 Å². The molecule has 20 heavy (non-hydrogen) atoms. The molecule has 0 radical (unpaired) electrons. The summed E-state index contributed by atoms with van der Waals surface area (Å²) < 4.78 is 1.03. The number of aromatic nitrogens is 4. The Hall–Kier alpha value is -1.70. The molecule has 0 aliphatic rings. The average molecular weight is 317 g/mol. The van der Waals surface area contributed by atoms with E-state index in [2.05, 4.69) is 15.5 Å². The molecule has 2 N–H and O–H groups in total. The van der Waals surface area contributed by atoms with E-state index in [0.717, 1.165) is 4.68 Å². The lowest BCUT2D eigenvalue weighted by atomic mass is 10.1. The molecule has 0 aliphatic heterocycles. The molecule has 2 unspecified atom stereocenters. The number of carbonyl (C=O) groups is 1. The number of nitrogens with zero attached hydrogens (tertiary/aromatic N) is 4. The molecule has 0 saturated heterocycles. The standard InChI is InChI=1S/C11H10Cl2N4O3/c1-5(18)9(11(19)20)17-10(14-15-16-17)6-2-3-7(12)8(13)4-6/h2-5,9,18H,1H3,(H,19,20). The number of tetrazole rings is 1. The predicted octanol–water partition coefficient (Wildman–Crippen LogP) is 1.65. The van der Waals surface area contributed by atoms with Crippen molar-refractivity contribution in [3.8, 4) is 11.4 Å². The Balaban J connectivity index is 2.51.